The Morgan fingerprint density at radius 1 is 0.868 bits per heavy atom. The van der Waals surface area contributed by atoms with Crippen LogP contribution in [0, 0.1) is 0 Å². The molecule has 1 amide bonds. The molecule has 190 valence electrons. The number of amides is 1. The van der Waals surface area contributed by atoms with Crippen molar-refractivity contribution in [3.8, 4) is 22.8 Å². The second kappa shape index (κ2) is 9.92. The molecule has 6 rings (SSSR count). The molecule has 1 atom stereocenters. The average Bonchev–Trinajstić information content (AvgIpc) is 3.47. The molecular formula is C32H27ClN2O3. The fourth-order valence-corrected chi connectivity index (χ4v) is 5.61. The monoisotopic (exact) mass is 522 g/mol. The first-order valence-electron chi connectivity index (χ1n) is 12.6. The summed E-state index contributed by atoms with van der Waals surface area (Å²) in [7, 11) is 3.32. The summed E-state index contributed by atoms with van der Waals surface area (Å²) in [6, 6.07) is 29.5. The molecule has 1 aromatic heterocycles. The molecular weight excluding hydrogens is 496 g/mol. The predicted molar refractivity (Wildman–Crippen MR) is 151 cm³/mol. The molecule has 5 aromatic rings. The van der Waals surface area contributed by atoms with E-state index in [1.54, 1.807) is 14.2 Å². The van der Waals surface area contributed by atoms with Crippen molar-refractivity contribution in [2.24, 2.45) is 0 Å². The van der Waals surface area contributed by atoms with Gasteiger partial charge in [0.25, 0.3) is 5.91 Å². The van der Waals surface area contributed by atoms with Gasteiger partial charge in [0.2, 0.25) is 0 Å². The summed E-state index contributed by atoms with van der Waals surface area (Å²) in [5.74, 6) is 1.49. The highest BCUT2D eigenvalue weighted by Gasteiger charge is 2.40. The molecule has 2 heterocycles. The summed E-state index contributed by atoms with van der Waals surface area (Å²) < 4.78 is 11.3. The molecule has 1 N–H and O–H groups in total. The van der Waals surface area contributed by atoms with E-state index in [-0.39, 0.29) is 11.9 Å². The lowest BCUT2D eigenvalue weighted by atomic mass is 9.92. The van der Waals surface area contributed by atoms with E-state index in [1.165, 1.54) is 0 Å². The number of nitrogens with zero attached hydrogens (tertiary/aromatic N) is 1. The number of methoxy groups -OCH3 is 2. The molecule has 38 heavy (non-hydrogen) atoms. The van der Waals surface area contributed by atoms with Gasteiger partial charge >= 0.3 is 0 Å². The van der Waals surface area contributed by atoms with E-state index in [1.807, 2.05) is 77.7 Å². The van der Waals surface area contributed by atoms with Crippen molar-refractivity contribution in [2.75, 3.05) is 20.8 Å². The number of carbonyl (C=O) groups is 1. The van der Waals surface area contributed by atoms with E-state index in [0.29, 0.717) is 18.0 Å². The number of H-pyrrole nitrogens is 1. The Kier molecular flexibility index (Phi) is 6.30. The van der Waals surface area contributed by atoms with Gasteiger partial charge < -0.3 is 19.4 Å². The first kappa shape index (κ1) is 24.1. The van der Waals surface area contributed by atoms with E-state index in [9.17, 15) is 4.79 Å². The van der Waals surface area contributed by atoms with Gasteiger partial charge in [-0.3, -0.25) is 4.79 Å². The summed E-state index contributed by atoms with van der Waals surface area (Å²) >= 11 is 6.10. The Balaban J connectivity index is 1.54. The lowest BCUT2D eigenvalue weighted by molar-refractivity contribution is 0.0753. The van der Waals surface area contributed by atoms with Crippen LogP contribution in [0.2, 0.25) is 5.02 Å². The van der Waals surface area contributed by atoms with Crippen LogP contribution in [0.5, 0.6) is 11.5 Å². The van der Waals surface area contributed by atoms with Gasteiger partial charge in [-0.15, -0.1) is 0 Å². The van der Waals surface area contributed by atoms with Crippen LogP contribution in [0.25, 0.3) is 22.2 Å². The van der Waals surface area contributed by atoms with E-state index in [0.717, 1.165) is 55.9 Å². The number of fused-ring (bicyclic) bond motifs is 2. The largest absolute Gasteiger partial charge is 0.497 e. The zero-order chi connectivity index (χ0) is 26.2. The summed E-state index contributed by atoms with van der Waals surface area (Å²) in [6.45, 7) is 0.563. The second-order valence-electron chi connectivity index (χ2n) is 9.39. The van der Waals surface area contributed by atoms with Crippen LogP contribution >= 0.6 is 11.6 Å². The Hall–Kier alpha value is -4.22. The standard InChI is InChI=1S/C32H27ClN2O3/c1-37-22-15-16-28(38-2)26(19-22)30-29(25-9-5-6-10-27(25)34-30)31-23-7-3-4-8-24(23)32(36)35(31)18-17-20-11-13-21(33)14-12-20/h3-16,19,31,34H,17-18H2,1-2H3. The lowest BCUT2D eigenvalue weighted by Crippen LogP contribution is -2.31. The maximum Gasteiger partial charge on any atom is 0.255 e. The molecule has 0 radical (unpaired) electrons. The molecule has 0 fully saturated rings. The van der Waals surface area contributed by atoms with Crippen molar-refractivity contribution in [1.29, 1.82) is 0 Å². The number of rotatable bonds is 7. The second-order valence-corrected chi connectivity index (χ2v) is 9.83. The minimum Gasteiger partial charge on any atom is -0.497 e. The van der Waals surface area contributed by atoms with Gasteiger partial charge in [0, 0.05) is 39.2 Å². The maximum atomic E-state index is 13.8. The highest BCUT2D eigenvalue weighted by molar-refractivity contribution is 6.30. The summed E-state index contributed by atoms with van der Waals surface area (Å²) in [5.41, 5.74) is 6.70. The van der Waals surface area contributed by atoms with Crippen molar-refractivity contribution in [2.45, 2.75) is 12.5 Å². The van der Waals surface area contributed by atoms with Gasteiger partial charge in [0.05, 0.1) is 26.0 Å². The molecule has 1 aliphatic heterocycles. The van der Waals surface area contributed by atoms with Crippen molar-refractivity contribution in [3.05, 3.63) is 118 Å². The van der Waals surface area contributed by atoms with Crippen molar-refractivity contribution >= 4 is 28.4 Å². The number of nitrogens with one attached hydrogen (secondary N) is 1. The van der Waals surface area contributed by atoms with Crippen LogP contribution in [0.4, 0.5) is 0 Å². The maximum absolute atomic E-state index is 13.8. The van der Waals surface area contributed by atoms with Crippen LogP contribution in [0.1, 0.15) is 33.1 Å². The minimum absolute atomic E-state index is 0.0356. The number of hydrogen-bond donors (Lipinski definition) is 1. The van der Waals surface area contributed by atoms with E-state index in [2.05, 4.69) is 23.2 Å². The van der Waals surface area contributed by atoms with E-state index >= 15 is 0 Å². The summed E-state index contributed by atoms with van der Waals surface area (Å²) in [5, 5.41) is 1.77. The fourth-order valence-electron chi connectivity index (χ4n) is 5.48. The molecule has 0 saturated heterocycles. The SMILES string of the molecule is COc1ccc(OC)c(-c2[nH]c3ccccc3c2C2c3ccccc3C(=O)N2CCc2ccc(Cl)cc2)c1. The van der Waals surface area contributed by atoms with Crippen LogP contribution < -0.4 is 9.47 Å². The Labute approximate surface area is 226 Å². The van der Waals surface area contributed by atoms with Crippen LogP contribution in [0.15, 0.2) is 91.0 Å². The third-order valence-corrected chi connectivity index (χ3v) is 7.56. The number of aromatic amines is 1. The average molecular weight is 523 g/mol. The normalized spacial score (nSPS) is 14.7. The predicted octanol–water partition coefficient (Wildman–Crippen LogP) is 7.29. The molecule has 1 aliphatic rings. The molecule has 0 spiro atoms. The lowest BCUT2D eigenvalue weighted by Gasteiger charge is -2.27. The molecule has 5 nitrogen and oxygen atoms in total. The molecule has 0 bridgehead atoms. The van der Waals surface area contributed by atoms with Crippen molar-refractivity contribution in [3.63, 3.8) is 0 Å². The fraction of sp³-hybridized carbons (Fsp3) is 0.156. The van der Waals surface area contributed by atoms with Gasteiger partial charge in [-0.2, -0.15) is 0 Å². The molecule has 0 aliphatic carbocycles. The molecule has 4 aromatic carbocycles. The van der Waals surface area contributed by atoms with Gasteiger partial charge in [-0.05, 0) is 60.0 Å². The Morgan fingerprint density at radius 3 is 2.42 bits per heavy atom. The van der Waals surface area contributed by atoms with Gasteiger partial charge in [0.1, 0.15) is 11.5 Å². The molecule has 6 heteroatoms. The van der Waals surface area contributed by atoms with E-state index < -0.39 is 0 Å². The quantitative estimate of drug-likeness (QED) is 0.244. The molecule has 0 saturated carbocycles. The van der Waals surface area contributed by atoms with Crippen LogP contribution in [-0.2, 0) is 6.42 Å². The van der Waals surface area contributed by atoms with E-state index in [4.69, 9.17) is 21.1 Å². The smallest absolute Gasteiger partial charge is 0.255 e. The summed E-state index contributed by atoms with van der Waals surface area (Å²) in [4.78, 5) is 19.5. The number of hydrogen-bond acceptors (Lipinski definition) is 3. The first-order chi connectivity index (χ1) is 18.6. The number of benzene rings is 4. The Bertz CT molecular complexity index is 1640. The first-order valence-corrected chi connectivity index (χ1v) is 12.9. The van der Waals surface area contributed by atoms with Crippen molar-refractivity contribution in [1.82, 2.24) is 9.88 Å². The van der Waals surface area contributed by atoms with Crippen LogP contribution in [-0.4, -0.2) is 36.6 Å². The van der Waals surface area contributed by atoms with Crippen LogP contribution in [0.3, 0.4) is 0 Å². The summed E-state index contributed by atoms with van der Waals surface area (Å²) in [6.07, 6.45) is 0.716. The van der Waals surface area contributed by atoms with Gasteiger partial charge in [-0.1, -0.05) is 60.1 Å². The van der Waals surface area contributed by atoms with Gasteiger partial charge in [-0.25, -0.2) is 0 Å². The number of para-hydroxylation sites is 1. The third kappa shape index (κ3) is 4.09. The number of aromatic nitrogens is 1. The van der Waals surface area contributed by atoms with Crippen molar-refractivity contribution < 1.29 is 14.3 Å². The third-order valence-electron chi connectivity index (χ3n) is 7.31. The number of ether oxygens (including phenoxy) is 2. The minimum atomic E-state index is -0.270. The molecule has 1 unspecified atom stereocenters. The Morgan fingerprint density at radius 2 is 1.63 bits per heavy atom. The zero-order valence-corrected chi connectivity index (χ0v) is 22.0. The number of halogens is 1. The topological polar surface area (TPSA) is 54.6 Å². The van der Waals surface area contributed by atoms with Gasteiger partial charge in [0.15, 0.2) is 0 Å². The zero-order valence-electron chi connectivity index (χ0n) is 21.2. The number of carbonyl (C=O) groups excluding carboxylic acids is 1. The highest BCUT2D eigenvalue weighted by atomic mass is 35.5. The highest BCUT2D eigenvalue weighted by Crippen LogP contribution is 2.47.